The molecule has 0 spiro atoms. The second kappa shape index (κ2) is 11.8. The van der Waals surface area contributed by atoms with Crippen LogP contribution in [0, 0.1) is 0 Å². The van der Waals surface area contributed by atoms with Crippen molar-refractivity contribution in [2.24, 2.45) is 0 Å². The lowest BCUT2D eigenvalue weighted by Crippen LogP contribution is -2.61. The minimum absolute atomic E-state index is 0.0877. The molecular formula is C27H26O10. The highest BCUT2D eigenvalue weighted by Crippen LogP contribution is 2.31. The fraction of sp³-hybridized carbons (Fsp3) is 0.259. The van der Waals surface area contributed by atoms with E-state index >= 15 is 0 Å². The van der Waals surface area contributed by atoms with Gasteiger partial charge in [0.05, 0.1) is 17.7 Å². The predicted molar refractivity (Wildman–Crippen MR) is 128 cm³/mol. The predicted octanol–water partition coefficient (Wildman–Crippen LogP) is 1.79. The molecule has 5 atom stereocenters. The summed E-state index contributed by atoms with van der Waals surface area (Å²) < 4.78 is 22.3. The van der Waals surface area contributed by atoms with E-state index in [2.05, 4.69) is 0 Å². The van der Waals surface area contributed by atoms with Crippen molar-refractivity contribution in [1.82, 2.24) is 0 Å². The summed E-state index contributed by atoms with van der Waals surface area (Å²) >= 11 is 0. The van der Waals surface area contributed by atoms with Crippen molar-refractivity contribution < 1.29 is 49.0 Å². The molecule has 0 aromatic heterocycles. The van der Waals surface area contributed by atoms with E-state index < -0.39 is 49.3 Å². The lowest BCUT2D eigenvalue weighted by molar-refractivity contribution is -0.276. The van der Waals surface area contributed by atoms with Gasteiger partial charge in [-0.25, -0.2) is 9.59 Å². The number of aliphatic hydroxyl groups excluding tert-OH is 3. The normalized spacial score (nSPS) is 23.2. The third kappa shape index (κ3) is 6.25. The molecule has 0 saturated carbocycles. The molecule has 1 aliphatic rings. The number of rotatable bonds is 8. The Morgan fingerprint density at radius 3 is 2.08 bits per heavy atom. The van der Waals surface area contributed by atoms with Crippen molar-refractivity contribution in [2.45, 2.75) is 37.3 Å². The smallest absolute Gasteiger partial charge is 0.338 e. The van der Waals surface area contributed by atoms with E-state index in [1.807, 2.05) is 0 Å². The number of ether oxygens (including phenoxy) is 4. The molecule has 3 aromatic carbocycles. The first-order valence-corrected chi connectivity index (χ1v) is 11.5. The fourth-order valence-corrected chi connectivity index (χ4v) is 3.76. The number of hydrogen-bond donors (Lipinski definition) is 4. The minimum Gasteiger partial charge on any atom is -0.508 e. The number of aliphatic hydroxyl groups is 3. The quantitative estimate of drug-likeness (QED) is 0.330. The zero-order chi connectivity index (χ0) is 26.4. The first-order valence-electron chi connectivity index (χ1n) is 11.5. The van der Waals surface area contributed by atoms with Crippen LogP contribution in [0.25, 0.3) is 0 Å². The van der Waals surface area contributed by atoms with Crippen molar-refractivity contribution in [3.05, 3.63) is 95.6 Å². The van der Waals surface area contributed by atoms with Crippen molar-refractivity contribution in [3.63, 3.8) is 0 Å². The molecule has 194 valence electrons. The van der Waals surface area contributed by atoms with Crippen LogP contribution in [0.4, 0.5) is 0 Å². The van der Waals surface area contributed by atoms with Gasteiger partial charge in [-0.05, 0) is 42.5 Å². The van der Waals surface area contributed by atoms with Gasteiger partial charge in [-0.2, -0.15) is 0 Å². The topological polar surface area (TPSA) is 152 Å². The van der Waals surface area contributed by atoms with Gasteiger partial charge in [0.1, 0.15) is 36.4 Å². The summed E-state index contributed by atoms with van der Waals surface area (Å²) in [6.45, 7) is -0.929. The van der Waals surface area contributed by atoms with E-state index in [0.717, 1.165) is 0 Å². The molecule has 37 heavy (non-hydrogen) atoms. The summed E-state index contributed by atoms with van der Waals surface area (Å²) in [7, 11) is 0. The number of benzene rings is 3. The molecule has 1 saturated heterocycles. The average Bonchev–Trinajstić information content (AvgIpc) is 2.93. The van der Waals surface area contributed by atoms with E-state index in [9.17, 15) is 30.0 Å². The standard InChI is InChI=1S/C27H26O10/c28-14-21-22(30)23(31)24(37-26(33)17-9-5-2-6-10-17)27(36-21)35-20-12-11-19(29)13-18(20)15-34-25(32)16-7-3-1-4-8-16/h1-13,21-24,27-31H,14-15H2/t21-,22+,23-,24+,27-/m0/s1. The van der Waals surface area contributed by atoms with Gasteiger partial charge in [-0.1, -0.05) is 36.4 Å². The molecule has 0 bridgehead atoms. The van der Waals surface area contributed by atoms with Crippen molar-refractivity contribution in [2.75, 3.05) is 6.61 Å². The second-order valence-corrected chi connectivity index (χ2v) is 8.29. The van der Waals surface area contributed by atoms with E-state index in [1.54, 1.807) is 48.5 Å². The number of aromatic hydroxyl groups is 1. The molecule has 1 aliphatic heterocycles. The van der Waals surface area contributed by atoms with Gasteiger partial charge < -0.3 is 39.4 Å². The van der Waals surface area contributed by atoms with Gasteiger partial charge in [0.2, 0.25) is 6.29 Å². The highest BCUT2D eigenvalue weighted by Gasteiger charge is 2.48. The number of phenols is 1. The van der Waals surface area contributed by atoms with Gasteiger partial charge >= 0.3 is 11.9 Å². The Morgan fingerprint density at radius 2 is 1.46 bits per heavy atom. The number of carbonyl (C=O) groups excluding carboxylic acids is 2. The first-order chi connectivity index (χ1) is 17.9. The van der Waals surface area contributed by atoms with Gasteiger partial charge in [0.15, 0.2) is 6.10 Å². The molecule has 1 heterocycles. The molecule has 10 heteroatoms. The summed E-state index contributed by atoms with van der Waals surface area (Å²) in [5.74, 6) is -1.43. The van der Waals surface area contributed by atoms with E-state index in [1.165, 1.54) is 30.3 Å². The maximum atomic E-state index is 12.7. The molecule has 0 radical (unpaired) electrons. The van der Waals surface area contributed by atoms with Crippen molar-refractivity contribution in [1.29, 1.82) is 0 Å². The highest BCUT2D eigenvalue weighted by atomic mass is 16.7. The number of phenolic OH excluding ortho intramolecular Hbond substituents is 1. The van der Waals surface area contributed by atoms with Crippen LogP contribution in [0.3, 0.4) is 0 Å². The maximum Gasteiger partial charge on any atom is 0.338 e. The van der Waals surface area contributed by atoms with Gasteiger partial charge in [0, 0.05) is 5.56 Å². The average molecular weight is 510 g/mol. The number of hydrogen-bond acceptors (Lipinski definition) is 10. The molecule has 3 aromatic rings. The van der Waals surface area contributed by atoms with Crippen LogP contribution in [0.15, 0.2) is 78.9 Å². The van der Waals surface area contributed by atoms with E-state index in [4.69, 9.17) is 18.9 Å². The molecule has 4 rings (SSSR count). The van der Waals surface area contributed by atoms with E-state index in [0.29, 0.717) is 5.56 Å². The molecule has 10 nitrogen and oxygen atoms in total. The Labute approximate surface area is 212 Å². The molecule has 0 aliphatic carbocycles. The Bertz CT molecular complexity index is 1200. The summed E-state index contributed by atoms with van der Waals surface area (Å²) in [4.78, 5) is 25.0. The van der Waals surface area contributed by atoms with Crippen LogP contribution in [0.5, 0.6) is 11.5 Å². The third-order valence-corrected chi connectivity index (χ3v) is 5.73. The summed E-state index contributed by atoms with van der Waals surface area (Å²) in [5, 5.41) is 40.6. The molecular weight excluding hydrogens is 484 g/mol. The molecule has 1 fully saturated rings. The zero-order valence-electron chi connectivity index (χ0n) is 19.5. The largest absolute Gasteiger partial charge is 0.508 e. The highest BCUT2D eigenvalue weighted by molar-refractivity contribution is 5.89. The summed E-state index contributed by atoms with van der Waals surface area (Å²) in [5.41, 5.74) is 0.782. The van der Waals surface area contributed by atoms with E-state index in [-0.39, 0.29) is 29.2 Å². The third-order valence-electron chi connectivity index (χ3n) is 5.73. The van der Waals surface area contributed by atoms with Crippen molar-refractivity contribution in [3.8, 4) is 11.5 Å². The zero-order valence-corrected chi connectivity index (χ0v) is 19.5. The second-order valence-electron chi connectivity index (χ2n) is 8.29. The Balaban J connectivity index is 1.55. The fourth-order valence-electron chi connectivity index (χ4n) is 3.76. The SMILES string of the molecule is O=C(OCc1cc(O)ccc1O[C@H]1O[C@@H](CO)[C@@H](O)[C@H](O)[C@H]1OC(=O)c1ccccc1)c1ccccc1. The van der Waals surface area contributed by atoms with Crippen LogP contribution in [0.2, 0.25) is 0 Å². The number of carbonyl (C=O) groups is 2. The molecule has 4 N–H and O–H groups in total. The Morgan fingerprint density at radius 1 is 0.838 bits per heavy atom. The lowest BCUT2D eigenvalue weighted by Gasteiger charge is -2.41. The number of esters is 2. The first kappa shape index (κ1) is 26.1. The van der Waals surface area contributed by atoms with Gasteiger partial charge in [-0.3, -0.25) is 0 Å². The Hall–Kier alpha value is -3.96. The van der Waals surface area contributed by atoms with Crippen molar-refractivity contribution >= 4 is 11.9 Å². The molecule has 0 amide bonds. The van der Waals surface area contributed by atoms with Crippen LogP contribution in [-0.4, -0.2) is 69.7 Å². The minimum atomic E-state index is -1.65. The summed E-state index contributed by atoms with van der Waals surface area (Å²) in [6, 6.07) is 20.3. The molecule has 0 unspecified atom stereocenters. The summed E-state index contributed by atoms with van der Waals surface area (Å²) in [6.07, 6.45) is -7.40. The lowest BCUT2D eigenvalue weighted by atomic mass is 9.99. The van der Waals surface area contributed by atoms with Crippen LogP contribution < -0.4 is 4.74 Å². The van der Waals surface area contributed by atoms with Gasteiger partial charge in [0.25, 0.3) is 0 Å². The van der Waals surface area contributed by atoms with Crippen LogP contribution in [-0.2, 0) is 20.8 Å². The van der Waals surface area contributed by atoms with Gasteiger partial charge in [-0.15, -0.1) is 0 Å². The Kier molecular flexibility index (Phi) is 8.36. The monoisotopic (exact) mass is 510 g/mol. The maximum absolute atomic E-state index is 12.7. The van der Waals surface area contributed by atoms with Crippen LogP contribution >= 0.6 is 0 Å². The van der Waals surface area contributed by atoms with Crippen LogP contribution in [0.1, 0.15) is 26.3 Å².